The fourth-order valence-electron chi connectivity index (χ4n) is 2.19. The van der Waals surface area contributed by atoms with E-state index < -0.39 is 0 Å². The zero-order valence-electron chi connectivity index (χ0n) is 11.8. The van der Waals surface area contributed by atoms with Gasteiger partial charge in [0, 0.05) is 22.4 Å². The fraction of sp³-hybridized carbons (Fsp3) is 0.600. The molecule has 0 unspecified atom stereocenters. The van der Waals surface area contributed by atoms with Crippen molar-refractivity contribution >= 4 is 27.9 Å². The zero-order valence-corrected chi connectivity index (χ0v) is 14.2. The highest BCUT2D eigenvalue weighted by molar-refractivity contribution is 9.10. The number of ether oxygens (including phenoxy) is 1. The molecule has 0 aromatic heterocycles. The van der Waals surface area contributed by atoms with Crippen molar-refractivity contribution in [2.75, 3.05) is 13.2 Å². The van der Waals surface area contributed by atoms with Crippen LogP contribution in [0.4, 0.5) is 0 Å². The Kier molecular flexibility index (Phi) is 4.99. The normalized spacial score (nSPS) is 19.4. The lowest BCUT2D eigenvalue weighted by atomic mass is 9.84. The first-order chi connectivity index (χ1) is 8.91. The van der Waals surface area contributed by atoms with Crippen molar-refractivity contribution in [2.45, 2.75) is 43.9 Å². The van der Waals surface area contributed by atoms with E-state index in [0.29, 0.717) is 0 Å². The van der Waals surface area contributed by atoms with Crippen LogP contribution in [0, 0.1) is 0 Å². The van der Waals surface area contributed by atoms with Gasteiger partial charge < -0.3 is 4.74 Å². The number of rotatable bonds is 3. The van der Waals surface area contributed by atoms with Gasteiger partial charge in [0.25, 0.3) is 0 Å². The summed E-state index contributed by atoms with van der Waals surface area (Å²) in [6.45, 7) is 8.36. The molecule has 1 aliphatic rings. The summed E-state index contributed by atoms with van der Waals surface area (Å²) in [6.07, 6.45) is 2.05. The standard InChI is InChI=1S/C15H22BrNOS/c1-14(2,3)19-17-15(8-10-18-11-9-15)12-4-6-13(16)7-5-12/h4-7,17H,8-11H2,1-3H3. The van der Waals surface area contributed by atoms with Crippen LogP contribution in [0.3, 0.4) is 0 Å². The van der Waals surface area contributed by atoms with Gasteiger partial charge in [-0.15, -0.1) is 0 Å². The number of hydrogen-bond donors (Lipinski definition) is 1. The second-order valence-electron chi connectivity index (χ2n) is 6.02. The summed E-state index contributed by atoms with van der Waals surface area (Å²) < 4.78 is 10.6. The Morgan fingerprint density at radius 3 is 2.26 bits per heavy atom. The molecule has 2 rings (SSSR count). The smallest absolute Gasteiger partial charge is 0.0575 e. The van der Waals surface area contributed by atoms with E-state index in [0.717, 1.165) is 30.5 Å². The summed E-state index contributed by atoms with van der Waals surface area (Å²) in [5.41, 5.74) is 1.40. The van der Waals surface area contributed by atoms with E-state index in [-0.39, 0.29) is 10.3 Å². The van der Waals surface area contributed by atoms with Gasteiger partial charge in [0.05, 0.1) is 5.54 Å². The molecule has 1 N–H and O–H groups in total. The molecule has 1 fully saturated rings. The lowest BCUT2D eigenvalue weighted by molar-refractivity contribution is 0.0468. The molecule has 1 saturated heterocycles. The number of hydrogen-bond acceptors (Lipinski definition) is 3. The van der Waals surface area contributed by atoms with Crippen molar-refractivity contribution in [1.29, 1.82) is 0 Å². The van der Waals surface area contributed by atoms with Crippen LogP contribution in [0.1, 0.15) is 39.2 Å². The van der Waals surface area contributed by atoms with Crippen LogP contribution in [0.15, 0.2) is 28.7 Å². The van der Waals surface area contributed by atoms with Gasteiger partial charge in [-0.05, 0) is 51.3 Å². The third-order valence-electron chi connectivity index (χ3n) is 3.30. The van der Waals surface area contributed by atoms with Crippen molar-refractivity contribution < 1.29 is 4.74 Å². The second-order valence-corrected chi connectivity index (χ2v) is 8.57. The molecule has 4 heteroatoms. The first-order valence-corrected chi connectivity index (χ1v) is 8.31. The summed E-state index contributed by atoms with van der Waals surface area (Å²) in [4.78, 5) is 0. The molecule has 0 atom stereocenters. The minimum absolute atomic E-state index is 0.0386. The molecule has 0 saturated carbocycles. The molecule has 0 amide bonds. The highest BCUT2D eigenvalue weighted by Crippen LogP contribution is 2.36. The molecule has 1 heterocycles. The average molecular weight is 344 g/mol. The predicted octanol–water partition coefficient (Wildman–Crippen LogP) is 4.49. The molecule has 1 aromatic rings. The van der Waals surface area contributed by atoms with Gasteiger partial charge in [-0.3, -0.25) is 4.72 Å². The third-order valence-corrected chi connectivity index (χ3v) is 4.93. The van der Waals surface area contributed by atoms with Gasteiger partial charge in [0.15, 0.2) is 0 Å². The van der Waals surface area contributed by atoms with E-state index in [1.165, 1.54) is 5.56 Å². The van der Waals surface area contributed by atoms with Gasteiger partial charge in [-0.1, -0.05) is 40.0 Å². The molecule has 0 aliphatic carbocycles. The molecule has 0 spiro atoms. The highest BCUT2D eigenvalue weighted by Gasteiger charge is 2.35. The second kappa shape index (κ2) is 6.17. The van der Waals surface area contributed by atoms with Crippen LogP contribution in [-0.2, 0) is 10.3 Å². The molecular formula is C15H22BrNOS. The van der Waals surface area contributed by atoms with Gasteiger partial charge >= 0.3 is 0 Å². The minimum atomic E-state index is 0.0386. The molecule has 106 valence electrons. The summed E-state index contributed by atoms with van der Waals surface area (Å²) in [5, 5.41) is 0. The van der Waals surface area contributed by atoms with Crippen molar-refractivity contribution in [3.63, 3.8) is 0 Å². The average Bonchev–Trinajstić information content (AvgIpc) is 2.37. The van der Waals surface area contributed by atoms with E-state index in [2.05, 4.69) is 65.7 Å². The fourth-order valence-corrected chi connectivity index (χ4v) is 3.28. The van der Waals surface area contributed by atoms with Gasteiger partial charge in [-0.25, -0.2) is 0 Å². The molecule has 0 bridgehead atoms. The Balaban J connectivity index is 2.21. The van der Waals surface area contributed by atoms with Crippen LogP contribution in [0.5, 0.6) is 0 Å². The first-order valence-electron chi connectivity index (χ1n) is 6.70. The Hall–Kier alpha value is -0.0300. The Bertz CT molecular complexity index is 407. The Morgan fingerprint density at radius 2 is 1.74 bits per heavy atom. The maximum atomic E-state index is 5.54. The summed E-state index contributed by atoms with van der Waals surface area (Å²) in [7, 11) is 0. The van der Waals surface area contributed by atoms with Crippen molar-refractivity contribution in [2.24, 2.45) is 0 Å². The summed E-state index contributed by atoms with van der Waals surface area (Å²) in [5.74, 6) is 0. The van der Waals surface area contributed by atoms with Crippen molar-refractivity contribution in [1.82, 2.24) is 4.72 Å². The van der Waals surface area contributed by atoms with Gasteiger partial charge in [0.2, 0.25) is 0 Å². The van der Waals surface area contributed by atoms with Crippen LogP contribution < -0.4 is 4.72 Å². The Labute approximate surface area is 128 Å². The summed E-state index contributed by atoms with van der Waals surface area (Å²) >= 11 is 5.33. The number of nitrogens with one attached hydrogen (secondary N) is 1. The van der Waals surface area contributed by atoms with E-state index >= 15 is 0 Å². The topological polar surface area (TPSA) is 21.3 Å². The minimum Gasteiger partial charge on any atom is -0.381 e. The molecular weight excluding hydrogens is 322 g/mol. The number of benzene rings is 1. The van der Waals surface area contributed by atoms with Crippen LogP contribution in [0.25, 0.3) is 0 Å². The highest BCUT2D eigenvalue weighted by atomic mass is 79.9. The zero-order chi connectivity index (χ0) is 13.9. The van der Waals surface area contributed by atoms with Crippen LogP contribution in [0.2, 0.25) is 0 Å². The van der Waals surface area contributed by atoms with Gasteiger partial charge in [0.1, 0.15) is 0 Å². The molecule has 2 nitrogen and oxygen atoms in total. The molecule has 0 radical (unpaired) electrons. The van der Waals surface area contributed by atoms with E-state index in [9.17, 15) is 0 Å². The van der Waals surface area contributed by atoms with Crippen molar-refractivity contribution in [3.05, 3.63) is 34.3 Å². The van der Waals surface area contributed by atoms with E-state index in [4.69, 9.17) is 4.74 Å². The van der Waals surface area contributed by atoms with Crippen LogP contribution >= 0.6 is 27.9 Å². The van der Waals surface area contributed by atoms with Crippen LogP contribution in [-0.4, -0.2) is 18.0 Å². The largest absolute Gasteiger partial charge is 0.381 e. The van der Waals surface area contributed by atoms with Crippen molar-refractivity contribution in [3.8, 4) is 0 Å². The molecule has 1 aromatic carbocycles. The van der Waals surface area contributed by atoms with Gasteiger partial charge in [-0.2, -0.15) is 0 Å². The maximum absolute atomic E-state index is 5.54. The number of halogens is 1. The lowest BCUT2D eigenvalue weighted by Gasteiger charge is -2.40. The monoisotopic (exact) mass is 343 g/mol. The predicted molar refractivity (Wildman–Crippen MR) is 86.4 cm³/mol. The lowest BCUT2D eigenvalue weighted by Crippen LogP contribution is -2.45. The quantitative estimate of drug-likeness (QED) is 0.817. The molecule has 1 aliphatic heterocycles. The van der Waals surface area contributed by atoms with E-state index in [1.54, 1.807) is 0 Å². The Morgan fingerprint density at radius 1 is 1.16 bits per heavy atom. The first kappa shape index (κ1) is 15.4. The van der Waals surface area contributed by atoms with E-state index in [1.807, 2.05) is 11.9 Å². The third kappa shape index (κ3) is 4.22. The molecule has 19 heavy (non-hydrogen) atoms. The SMILES string of the molecule is CC(C)(C)SNC1(c2ccc(Br)cc2)CCOCC1. The summed E-state index contributed by atoms with van der Waals surface area (Å²) in [6, 6.07) is 8.67. The maximum Gasteiger partial charge on any atom is 0.0575 e.